The Morgan fingerprint density at radius 1 is 1.35 bits per heavy atom. The molecule has 1 N–H and O–H groups in total. The standard InChI is InChI=1S/C15H19NS/c1-11(16-10-12-5-4-6-12)15-9-13-7-2-3-8-14(13)17-15/h2-3,7-9,11-12,16H,4-6,10H2,1H3. The van der Waals surface area contributed by atoms with Crippen LogP contribution in [-0.2, 0) is 0 Å². The number of nitrogens with one attached hydrogen (secondary N) is 1. The van der Waals surface area contributed by atoms with Crippen molar-refractivity contribution in [2.75, 3.05) is 6.54 Å². The van der Waals surface area contributed by atoms with Crippen molar-refractivity contribution in [1.82, 2.24) is 5.32 Å². The highest BCUT2D eigenvalue weighted by Crippen LogP contribution is 2.31. The zero-order chi connectivity index (χ0) is 11.7. The lowest BCUT2D eigenvalue weighted by Crippen LogP contribution is -2.28. The fourth-order valence-electron chi connectivity index (χ4n) is 2.36. The molecule has 1 heterocycles. The monoisotopic (exact) mass is 245 g/mol. The molecule has 0 spiro atoms. The molecule has 1 saturated carbocycles. The van der Waals surface area contributed by atoms with Crippen molar-refractivity contribution < 1.29 is 0 Å². The molecule has 2 aromatic rings. The topological polar surface area (TPSA) is 12.0 Å². The Balaban J connectivity index is 1.69. The molecular formula is C15H19NS. The second-order valence-corrected chi connectivity index (χ2v) is 6.23. The predicted octanol–water partition coefficient (Wildman–Crippen LogP) is 4.35. The first-order valence-electron chi connectivity index (χ1n) is 6.55. The third kappa shape index (κ3) is 2.38. The van der Waals surface area contributed by atoms with Crippen molar-refractivity contribution in [3.05, 3.63) is 35.2 Å². The van der Waals surface area contributed by atoms with E-state index in [0.29, 0.717) is 6.04 Å². The number of rotatable bonds is 4. The summed E-state index contributed by atoms with van der Waals surface area (Å²) in [6.45, 7) is 3.47. The molecule has 3 rings (SSSR count). The van der Waals surface area contributed by atoms with E-state index in [9.17, 15) is 0 Å². The highest BCUT2D eigenvalue weighted by Gasteiger charge is 2.18. The van der Waals surface area contributed by atoms with Gasteiger partial charge in [0.2, 0.25) is 0 Å². The maximum absolute atomic E-state index is 3.67. The normalized spacial score (nSPS) is 18.2. The van der Waals surface area contributed by atoms with Gasteiger partial charge in [0.15, 0.2) is 0 Å². The van der Waals surface area contributed by atoms with E-state index in [1.165, 1.54) is 40.8 Å². The summed E-state index contributed by atoms with van der Waals surface area (Å²) < 4.78 is 1.40. The van der Waals surface area contributed by atoms with Crippen molar-refractivity contribution in [2.24, 2.45) is 5.92 Å². The van der Waals surface area contributed by atoms with Crippen LogP contribution in [0.5, 0.6) is 0 Å². The minimum Gasteiger partial charge on any atom is -0.309 e. The SMILES string of the molecule is CC(NCC1CCC1)c1cc2ccccc2s1. The average molecular weight is 245 g/mol. The van der Waals surface area contributed by atoms with E-state index in [0.717, 1.165) is 5.92 Å². The van der Waals surface area contributed by atoms with Crippen LogP contribution < -0.4 is 5.32 Å². The largest absolute Gasteiger partial charge is 0.309 e. The predicted molar refractivity (Wildman–Crippen MR) is 75.6 cm³/mol. The lowest BCUT2D eigenvalue weighted by molar-refractivity contribution is 0.293. The van der Waals surface area contributed by atoms with Crippen LogP contribution in [0.15, 0.2) is 30.3 Å². The van der Waals surface area contributed by atoms with Crippen molar-refractivity contribution in [3.63, 3.8) is 0 Å². The van der Waals surface area contributed by atoms with Crippen molar-refractivity contribution in [2.45, 2.75) is 32.2 Å². The summed E-state index contributed by atoms with van der Waals surface area (Å²) >= 11 is 1.92. The Kier molecular flexibility index (Phi) is 3.17. The minimum atomic E-state index is 0.494. The van der Waals surface area contributed by atoms with Gasteiger partial charge < -0.3 is 5.32 Å². The van der Waals surface area contributed by atoms with Crippen LogP contribution in [0.3, 0.4) is 0 Å². The molecule has 0 radical (unpaired) electrons. The summed E-state index contributed by atoms with van der Waals surface area (Å²) in [6.07, 6.45) is 4.28. The molecule has 0 amide bonds. The van der Waals surface area contributed by atoms with Gasteiger partial charge >= 0.3 is 0 Å². The van der Waals surface area contributed by atoms with Gasteiger partial charge in [0.1, 0.15) is 0 Å². The maximum Gasteiger partial charge on any atom is 0.0386 e. The molecule has 2 heteroatoms. The molecule has 1 aromatic heterocycles. The Hall–Kier alpha value is -0.860. The first-order chi connectivity index (χ1) is 8.33. The fraction of sp³-hybridized carbons (Fsp3) is 0.467. The van der Waals surface area contributed by atoms with Crippen molar-refractivity contribution in [3.8, 4) is 0 Å². The number of benzene rings is 1. The van der Waals surface area contributed by atoms with Crippen LogP contribution in [0.4, 0.5) is 0 Å². The molecule has 0 bridgehead atoms. The van der Waals surface area contributed by atoms with Gasteiger partial charge in [-0.25, -0.2) is 0 Å². The van der Waals surface area contributed by atoms with E-state index in [4.69, 9.17) is 0 Å². The van der Waals surface area contributed by atoms with Crippen LogP contribution in [0, 0.1) is 5.92 Å². The third-order valence-corrected chi connectivity index (χ3v) is 5.11. The average Bonchev–Trinajstić information content (AvgIpc) is 2.70. The summed E-state index contributed by atoms with van der Waals surface area (Å²) in [4.78, 5) is 1.46. The van der Waals surface area contributed by atoms with E-state index in [2.05, 4.69) is 42.6 Å². The Morgan fingerprint density at radius 3 is 2.88 bits per heavy atom. The maximum atomic E-state index is 3.67. The molecule has 90 valence electrons. The van der Waals surface area contributed by atoms with E-state index >= 15 is 0 Å². The van der Waals surface area contributed by atoms with E-state index in [-0.39, 0.29) is 0 Å². The smallest absolute Gasteiger partial charge is 0.0386 e. The van der Waals surface area contributed by atoms with Crippen molar-refractivity contribution in [1.29, 1.82) is 0 Å². The zero-order valence-corrected chi connectivity index (χ0v) is 11.1. The molecule has 1 aromatic carbocycles. The van der Waals surface area contributed by atoms with Crippen LogP contribution in [0.1, 0.15) is 37.1 Å². The van der Waals surface area contributed by atoms with Crippen molar-refractivity contribution >= 4 is 21.4 Å². The molecule has 0 saturated heterocycles. The Morgan fingerprint density at radius 2 is 2.18 bits per heavy atom. The lowest BCUT2D eigenvalue weighted by atomic mass is 9.85. The number of thiophene rings is 1. The van der Waals surface area contributed by atoms with Gasteiger partial charge in [-0.1, -0.05) is 24.6 Å². The fourth-order valence-corrected chi connectivity index (χ4v) is 3.45. The van der Waals surface area contributed by atoms with Gasteiger partial charge in [0, 0.05) is 15.6 Å². The van der Waals surface area contributed by atoms with E-state index in [1.807, 2.05) is 11.3 Å². The highest BCUT2D eigenvalue weighted by atomic mass is 32.1. The quantitative estimate of drug-likeness (QED) is 0.844. The van der Waals surface area contributed by atoms with Crippen LogP contribution in [0.2, 0.25) is 0 Å². The minimum absolute atomic E-state index is 0.494. The summed E-state index contributed by atoms with van der Waals surface area (Å²) in [5, 5.41) is 5.05. The first-order valence-corrected chi connectivity index (χ1v) is 7.36. The molecule has 0 aliphatic heterocycles. The Bertz CT molecular complexity index is 465. The van der Waals surface area contributed by atoms with E-state index in [1.54, 1.807) is 0 Å². The molecule has 1 fully saturated rings. The Labute approximate surface area is 107 Å². The second-order valence-electron chi connectivity index (χ2n) is 5.11. The molecular weight excluding hydrogens is 226 g/mol. The number of hydrogen-bond acceptors (Lipinski definition) is 2. The summed E-state index contributed by atoms with van der Waals surface area (Å²) in [5.41, 5.74) is 0. The number of hydrogen-bond donors (Lipinski definition) is 1. The van der Waals surface area contributed by atoms with Gasteiger partial charge in [-0.05, 0) is 49.7 Å². The van der Waals surface area contributed by atoms with Gasteiger partial charge in [-0.15, -0.1) is 11.3 Å². The van der Waals surface area contributed by atoms with E-state index < -0.39 is 0 Å². The first kappa shape index (κ1) is 11.2. The molecule has 1 unspecified atom stereocenters. The molecule has 17 heavy (non-hydrogen) atoms. The zero-order valence-electron chi connectivity index (χ0n) is 10.3. The molecule has 1 aliphatic carbocycles. The van der Waals surface area contributed by atoms with Gasteiger partial charge in [0.25, 0.3) is 0 Å². The van der Waals surface area contributed by atoms with Gasteiger partial charge in [-0.3, -0.25) is 0 Å². The second kappa shape index (κ2) is 4.79. The van der Waals surface area contributed by atoms with Gasteiger partial charge in [-0.2, -0.15) is 0 Å². The van der Waals surface area contributed by atoms with Crippen LogP contribution in [0.25, 0.3) is 10.1 Å². The molecule has 1 atom stereocenters. The number of fused-ring (bicyclic) bond motifs is 1. The lowest BCUT2D eigenvalue weighted by Gasteiger charge is -2.27. The summed E-state index contributed by atoms with van der Waals surface area (Å²) in [5.74, 6) is 0.937. The highest BCUT2D eigenvalue weighted by molar-refractivity contribution is 7.19. The van der Waals surface area contributed by atoms with Gasteiger partial charge in [0.05, 0.1) is 0 Å². The third-order valence-electron chi connectivity index (χ3n) is 3.81. The van der Waals surface area contributed by atoms with Crippen LogP contribution in [-0.4, -0.2) is 6.54 Å². The summed E-state index contributed by atoms with van der Waals surface area (Å²) in [6, 6.07) is 11.5. The molecule has 1 nitrogen and oxygen atoms in total. The summed E-state index contributed by atoms with van der Waals surface area (Å²) in [7, 11) is 0. The molecule has 1 aliphatic rings. The van der Waals surface area contributed by atoms with Crippen LogP contribution >= 0.6 is 11.3 Å².